The molecule has 0 saturated heterocycles. The Balaban J connectivity index is 3.25. The first-order valence-electron chi connectivity index (χ1n) is 3.66. The van der Waals surface area contributed by atoms with Gasteiger partial charge in [-0.3, -0.25) is 0 Å². The van der Waals surface area contributed by atoms with E-state index in [0.29, 0.717) is 0 Å². The van der Waals surface area contributed by atoms with Crippen molar-refractivity contribution >= 4 is 11.6 Å². The number of hydrogen-bond donors (Lipinski definition) is 0. The molecule has 0 bridgehead atoms. The molecule has 0 saturated carbocycles. The van der Waals surface area contributed by atoms with Gasteiger partial charge in [0.25, 0.3) is 6.43 Å². The van der Waals surface area contributed by atoms with Gasteiger partial charge in [0, 0.05) is 6.07 Å². The minimum Gasteiger partial charge on any atom is -0.495 e. The normalized spacial score (nSPS) is 10.4. The fourth-order valence-corrected chi connectivity index (χ4v) is 1.15. The Morgan fingerprint density at radius 2 is 2.00 bits per heavy atom. The Morgan fingerprint density at radius 1 is 1.36 bits per heavy atom. The molecule has 0 unspecified atom stereocenters. The molecule has 1 rings (SSSR count). The Hall–Kier alpha value is -1.10. The second kappa shape index (κ2) is 4.41. The first-order chi connectivity index (χ1) is 6.60. The highest BCUT2D eigenvalue weighted by atomic mass is 35.5. The summed E-state index contributed by atoms with van der Waals surface area (Å²) < 4.78 is 34.3. The predicted octanol–water partition coefficient (Wildman–Crippen LogP) is 2.69. The third-order valence-electron chi connectivity index (χ3n) is 1.56. The van der Waals surface area contributed by atoms with E-state index < -0.39 is 12.1 Å². The van der Waals surface area contributed by atoms with Gasteiger partial charge in [-0.1, -0.05) is 11.6 Å². The van der Waals surface area contributed by atoms with E-state index in [1.54, 1.807) is 0 Å². The van der Waals surface area contributed by atoms with E-state index in [-0.39, 0.29) is 16.7 Å². The van der Waals surface area contributed by atoms with Crippen LogP contribution in [-0.4, -0.2) is 19.2 Å². The highest BCUT2D eigenvalue weighted by Gasteiger charge is 2.19. The van der Waals surface area contributed by atoms with Gasteiger partial charge in [0.15, 0.2) is 5.69 Å². The van der Waals surface area contributed by atoms with E-state index in [2.05, 4.69) is 4.98 Å². The minimum absolute atomic E-state index is 0.0391. The number of nitrogens with zero attached hydrogens (tertiary/aromatic N) is 1. The van der Waals surface area contributed by atoms with Crippen LogP contribution in [0.25, 0.3) is 0 Å². The first kappa shape index (κ1) is 11.0. The summed E-state index contributed by atoms with van der Waals surface area (Å²) in [6.07, 6.45) is -2.73. The summed E-state index contributed by atoms with van der Waals surface area (Å²) in [6.45, 7) is 0. The van der Waals surface area contributed by atoms with Gasteiger partial charge < -0.3 is 9.47 Å². The molecule has 0 aliphatic carbocycles. The number of aromatic nitrogens is 1. The lowest BCUT2D eigenvalue weighted by Crippen LogP contribution is -1.99. The lowest BCUT2D eigenvalue weighted by Gasteiger charge is -2.09. The van der Waals surface area contributed by atoms with Gasteiger partial charge in [-0.25, -0.2) is 13.8 Å². The van der Waals surface area contributed by atoms with Crippen molar-refractivity contribution in [1.29, 1.82) is 0 Å². The van der Waals surface area contributed by atoms with E-state index in [9.17, 15) is 8.78 Å². The molecule has 0 radical (unpaired) electrons. The largest absolute Gasteiger partial charge is 0.495 e. The van der Waals surface area contributed by atoms with Crippen LogP contribution in [-0.2, 0) is 0 Å². The smallest absolute Gasteiger partial charge is 0.284 e. The molecule has 0 aliphatic heterocycles. The number of alkyl halides is 2. The third kappa shape index (κ3) is 2.04. The standard InChI is InChI=1S/C8H8ClF2NO2/c1-13-5-3-4(9)8(14-2)12-6(5)7(10)11/h3,7H,1-2H3. The van der Waals surface area contributed by atoms with Crippen LogP contribution in [0.15, 0.2) is 6.07 Å². The highest BCUT2D eigenvalue weighted by molar-refractivity contribution is 6.32. The number of pyridine rings is 1. The molecular formula is C8H8ClF2NO2. The number of rotatable bonds is 3. The minimum atomic E-state index is -2.73. The fraction of sp³-hybridized carbons (Fsp3) is 0.375. The van der Waals surface area contributed by atoms with E-state index in [4.69, 9.17) is 21.1 Å². The second-order valence-electron chi connectivity index (χ2n) is 2.37. The summed E-state index contributed by atoms with van der Waals surface area (Å²) in [4.78, 5) is 3.53. The monoisotopic (exact) mass is 223 g/mol. The third-order valence-corrected chi connectivity index (χ3v) is 1.83. The van der Waals surface area contributed by atoms with Gasteiger partial charge in [-0.2, -0.15) is 0 Å². The van der Waals surface area contributed by atoms with Crippen LogP contribution in [0.1, 0.15) is 12.1 Å². The maximum Gasteiger partial charge on any atom is 0.284 e. The zero-order chi connectivity index (χ0) is 10.7. The molecule has 1 aromatic rings. The topological polar surface area (TPSA) is 31.4 Å². The molecule has 78 valence electrons. The van der Waals surface area contributed by atoms with Crippen LogP contribution in [0.3, 0.4) is 0 Å². The Kier molecular flexibility index (Phi) is 3.46. The fourth-order valence-electron chi connectivity index (χ4n) is 0.932. The van der Waals surface area contributed by atoms with Gasteiger partial charge in [0.1, 0.15) is 10.8 Å². The number of ether oxygens (including phenoxy) is 2. The van der Waals surface area contributed by atoms with Crippen molar-refractivity contribution < 1.29 is 18.3 Å². The number of methoxy groups -OCH3 is 2. The Morgan fingerprint density at radius 3 is 2.43 bits per heavy atom. The lowest BCUT2D eigenvalue weighted by atomic mass is 10.3. The maximum absolute atomic E-state index is 12.4. The molecule has 3 nitrogen and oxygen atoms in total. The molecule has 14 heavy (non-hydrogen) atoms. The zero-order valence-electron chi connectivity index (χ0n) is 7.55. The average Bonchev–Trinajstić information content (AvgIpc) is 2.16. The van der Waals surface area contributed by atoms with Crippen LogP contribution in [0.5, 0.6) is 11.6 Å². The van der Waals surface area contributed by atoms with Crippen molar-refractivity contribution in [2.75, 3.05) is 14.2 Å². The maximum atomic E-state index is 12.4. The van der Waals surface area contributed by atoms with E-state index in [1.165, 1.54) is 20.3 Å². The van der Waals surface area contributed by atoms with E-state index in [1.807, 2.05) is 0 Å². The van der Waals surface area contributed by atoms with Gasteiger partial charge >= 0.3 is 0 Å². The highest BCUT2D eigenvalue weighted by Crippen LogP contribution is 2.33. The molecule has 0 spiro atoms. The summed E-state index contributed by atoms with van der Waals surface area (Å²) in [6, 6.07) is 1.24. The van der Waals surface area contributed by atoms with Crippen molar-refractivity contribution in [3.05, 3.63) is 16.8 Å². The van der Waals surface area contributed by atoms with Crippen LogP contribution < -0.4 is 9.47 Å². The molecular weight excluding hydrogens is 216 g/mol. The molecule has 0 aliphatic rings. The second-order valence-corrected chi connectivity index (χ2v) is 2.77. The van der Waals surface area contributed by atoms with Crippen molar-refractivity contribution in [1.82, 2.24) is 4.98 Å². The van der Waals surface area contributed by atoms with Crippen molar-refractivity contribution in [3.8, 4) is 11.6 Å². The van der Waals surface area contributed by atoms with Crippen molar-refractivity contribution in [2.45, 2.75) is 6.43 Å². The predicted molar refractivity (Wildman–Crippen MR) is 47.3 cm³/mol. The summed E-state index contributed by atoms with van der Waals surface area (Å²) in [5, 5.41) is 0.133. The van der Waals surface area contributed by atoms with Gasteiger partial charge in [0.2, 0.25) is 5.88 Å². The van der Waals surface area contributed by atoms with E-state index in [0.717, 1.165) is 0 Å². The Bertz CT molecular complexity index is 333. The van der Waals surface area contributed by atoms with Gasteiger partial charge in [0.05, 0.1) is 14.2 Å². The summed E-state index contributed by atoms with van der Waals surface area (Å²) in [5.41, 5.74) is -0.478. The molecule has 0 aromatic carbocycles. The van der Waals surface area contributed by atoms with E-state index >= 15 is 0 Å². The summed E-state index contributed by atoms with van der Waals surface area (Å²) >= 11 is 5.67. The summed E-state index contributed by atoms with van der Waals surface area (Å²) in [5.74, 6) is -0.0893. The van der Waals surface area contributed by atoms with Crippen molar-refractivity contribution in [3.63, 3.8) is 0 Å². The zero-order valence-corrected chi connectivity index (χ0v) is 8.31. The van der Waals surface area contributed by atoms with Crippen LogP contribution in [0.4, 0.5) is 8.78 Å². The first-order valence-corrected chi connectivity index (χ1v) is 4.04. The molecule has 0 N–H and O–H groups in total. The molecule has 0 atom stereocenters. The molecule has 0 amide bonds. The van der Waals surface area contributed by atoms with Gasteiger partial charge in [-0.15, -0.1) is 0 Å². The molecule has 0 fully saturated rings. The molecule has 1 aromatic heterocycles. The SMILES string of the molecule is COc1cc(Cl)c(OC)nc1C(F)F. The average molecular weight is 224 g/mol. The quantitative estimate of drug-likeness (QED) is 0.790. The van der Waals surface area contributed by atoms with Gasteiger partial charge in [-0.05, 0) is 0 Å². The molecule has 1 heterocycles. The number of halogens is 3. The molecule has 6 heteroatoms. The van der Waals surface area contributed by atoms with Crippen LogP contribution in [0.2, 0.25) is 5.02 Å². The number of hydrogen-bond acceptors (Lipinski definition) is 3. The van der Waals surface area contributed by atoms with Crippen LogP contribution in [0, 0.1) is 0 Å². The lowest BCUT2D eigenvalue weighted by molar-refractivity contribution is 0.140. The van der Waals surface area contributed by atoms with Crippen molar-refractivity contribution in [2.24, 2.45) is 0 Å². The van der Waals surface area contributed by atoms with Crippen LogP contribution >= 0.6 is 11.6 Å². The Labute approximate surface area is 84.6 Å². The summed E-state index contributed by atoms with van der Waals surface area (Å²) in [7, 11) is 2.57.